The minimum absolute atomic E-state index is 0. The van der Waals surface area contributed by atoms with Gasteiger partial charge >= 0.3 is 0 Å². The topological polar surface area (TPSA) is 67.1 Å². The summed E-state index contributed by atoms with van der Waals surface area (Å²) in [4.78, 5) is 4.35. The number of hydrogen-bond acceptors (Lipinski definition) is 3. The van der Waals surface area contributed by atoms with Gasteiger partial charge in [0.2, 0.25) is 0 Å². The summed E-state index contributed by atoms with van der Waals surface area (Å²) in [7, 11) is 1.83. The normalized spacial score (nSPS) is 19.5. The van der Waals surface area contributed by atoms with Gasteiger partial charge in [-0.15, -0.1) is 34.2 Å². The summed E-state index contributed by atoms with van der Waals surface area (Å²) >= 11 is 0. The zero-order valence-electron chi connectivity index (χ0n) is 15.0. The zero-order valence-corrected chi connectivity index (χ0v) is 17.3. The summed E-state index contributed by atoms with van der Waals surface area (Å²) in [5.41, 5.74) is 0.490. The summed E-state index contributed by atoms with van der Waals surface area (Å²) in [5.74, 6) is 3.04. The third-order valence-electron chi connectivity index (χ3n) is 5.62. The van der Waals surface area contributed by atoms with Crippen LogP contribution in [0.25, 0.3) is 0 Å². The van der Waals surface area contributed by atoms with Crippen molar-refractivity contribution in [2.45, 2.75) is 71.4 Å². The van der Waals surface area contributed by atoms with Gasteiger partial charge in [-0.1, -0.05) is 19.8 Å². The maximum atomic E-state index is 4.37. The van der Waals surface area contributed by atoms with E-state index >= 15 is 0 Å². The number of nitrogens with one attached hydrogen (secondary N) is 2. The number of nitrogens with zero attached hydrogens (tertiary/aromatic N) is 4. The van der Waals surface area contributed by atoms with Crippen LogP contribution < -0.4 is 10.6 Å². The van der Waals surface area contributed by atoms with E-state index in [9.17, 15) is 0 Å². The molecular formula is C17H31IN6. The van der Waals surface area contributed by atoms with Gasteiger partial charge in [-0.2, -0.15) is 0 Å². The van der Waals surface area contributed by atoms with E-state index in [0.29, 0.717) is 12.0 Å². The predicted octanol–water partition coefficient (Wildman–Crippen LogP) is 2.87. The van der Waals surface area contributed by atoms with Crippen LogP contribution in [0.3, 0.4) is 0 Å². The highest BCUT2D eigenvalue weighted by molar-refractivity contribution is 14.0. The van der Waals surface area contributed by atoms with Crippen molar-refractivity contribution in [3.63, 3.8) is 0 Å². The Kier molecular flexibility index (Phi) is 7.31. The molecule has 136 valence electrons. The third kappa shape index (κ3) is 4.40. The number of aliphatic imine (C=N–C) groups is 1. The van der Waals surface area contributed by atoms with Gasteiger partial charge in [0.1, 0.15) is 5.82 Å². The van der Waals surface area contributed by atoms with Crippen LogP contribution in [0.2, 0.25) is 0 Å². The van der Waals surface area contributed by atoms with Crippen molar-refractivity contribution in [3.8, 4) is 0 Å². The Hall–Kier alpha value is -0.860. The monoisotopic (exact) mass is 446 g/mol. The molecule has 7 heteroatoms. The van der Waals surface area contributed by atoms with Gasteiger partial charge in [-0.25, -0.2) is 0 Å². The number of fused-ring (bicyclic) bond motifs is 1. The minimum Gasteiger partial charge on any atom is -0.356 e. The van der Waals surface area contributed by atoms with Crippen molar-refractivity contribution in [2.24, 2.45) is 10.4 Å². The molecular weight excluding hydrogens is 415 g/mol. The molecule has 1 saturated carbocycles. The van der Waals surface area contributed by atoms with E-state index in [1.165, 1.54) is 44.9 Å². The van der Waals surface area contributed by atoms with Gasteiger partial charge in [-0.3, -0.25) is 4.99 Å². The summed E-state index contributed by atoms with van der Waals surface area (Å²) in [6.45, 7) is 5.04. The Balaban J connectivity index is 0.00000208. The van der Waals surface area contributed by atoms with E-state index in [-0.39, 0.29) is 24.0 Å². The lowest BCUT2D eigenvalue weighted by atomic mass is 9.67. The first-order chi connectivity index (χ1) is 11.3. The van der Waals surface area contributed by atoms with Gasteiger partial charge in [0.25, 0.3) is 0 Å². The molecule has 0 unspecified atom stereocenters. The molecule has 1 aromatic rings. The molecule has 24 heavy (non-hydrogen) atoms. The van der Waals surface area contributed by atoms with Crippen LogP contribution in [0.1, 0.15) is 63.5 Å². The van der Waals surface area contributed by atoms with Gasteiger partial charge in [0.15, 0.2) is 11.8 Å². The van der Waals surface area contributed by atoms with Gasteiger partial charge in [0, 0.05) is 26.6 Å². The van der Waals surface area contributed by atoms with E-state index < -0.39 is 0 Å². The largest absolute Gasteiger partial charge is 0.356 e. The van der Waals surface area contributed by atoms with E-state index in [0.717, 1.165) is 37.1 Å². The summed E-state index contributed by atoms with van der Waals surface area (Å²) in [6, 6.07) is 0. The first-order valence-electron chi connectivity index (χ1n) is 9.12. The van der Waals surface area contributed by atoms with Crippen LogP contribution in [0.15, 0.2) is 4.99 Å². The number of aryl methyl sites for hydroxylation is 1. The molecule has 2 N–H and O–H groups in total. The number of aromatic nitrogens is 3. The molecule has 3 rings (SSSR count). The number of hydrogen-bond donors (Lipinski definition) is 2. The van der Waals surface area contributed by atoms with Crippen molar-refractivity contribution >= 4 is 29.9 Å². The second-order valence-electron chi connectivity index (χ2n) is 6.98. The lowest BCUT2D eigenvalue weighted by Crippen LogP contribution is -2.46. The van der Waals surface area contributed by atoms with Gasteiger partial charge in [-0.05, 0) is 37.5 Å². The minimum atomic E-state index is 0. The molecule has 1 aliphatic heterocycles. The highest BCUT2D eigenvalue weighted by Gasteiger charge is 2.34. The maximum absolute atomic E-state index is 4.37. The Morgan fingerprint density at radius 2 is 2.00 bits per heavy atom. The molecule has 1 aromatic heterocycles. The first kappa shape index (κ1) is 19.5. The van der Waals surface area contributed by atoms with Crippen LogP contribution in [0, 0.1) is 5.41 Å². The van der Waals surface area contributed by atoms with Crippen molar-refractivity contribution in [1.29, 1.82) is 0 Å². The SMILES string of the molecule is CCC1(CNC(=NC)NCc2nnc3n2CCCCC3)CCC1.I. The van der Waals surface area contributed by atoms with Crippen LogP contribution in [-0.2, 0) is 19.5 Å². The van der Waals surface area contributed by atoms with Gasteiger partial charge in [0.05, 0.1) is 6.54 Å². The summed E-state index contributed by atoms with van der Waals surface area (Å²) in [6.07, 6.45) is 10.1. The van der Waals surface area contributed by atoms with Crippen molar-refractivity contribution in [2.75, 3.05) is 13.6 Å². The Morgan fingerprint density at radius 1 is 1.17 bits per heavy atom. The summed E-state index contributed by atoms with van der Waals surface area (Å²) < 4.78 is 2.28. The lowest BCUT2D eigenvalue weighted by molar-refractivity contribution is 0.131. The highest BCUT2D eigenvalue weighted by Crippen LogP contribution is 2.42. The third-order valence-corrected chi connectivity index (χ3v) is 5.62. The van der Waals surface area contributed by atoms with E-state index in [2.05, 4.69) is 37.3 Å². The second kappa shape index (κ2) is 9.01. The average molecular weight is 446 g/mol. The van der Waals surface area contributed by atoms with Crippen molar-refractivity contribution in [3.05, 3.63) is 11.6 Å². The highest BCUT2D eigenvalue weighted by atomic mass is 127. The Bertz CT molecular complexity index is 544. The van der Waals surface area contributed by atoms with E-state index in [1.807, 2.05) is 7.05 Å². The molecule has 2 heterocycles. The molecule has 0 amide bonds. The predicted molar refractivity (Wildman–Crippen MR) is 108 cm³/mol. The smallest absolute Gasteiger partial charge is 0.191 e. The Labute approximate surface area is 162 Å². The molecule has 1 fully saturated rings. The quantitative estimate of drug-likeness (QED) is 0.415. The van der Waals surface area contributed by atoms with Crippen LogP contribution in [0.5, 0.6) is 0 Å². The van der Waals surface area contributed by atoms with E-state index in [1.54, 1.807) is 0 Å². The van der Waals surface area contributed by atoms with Gasteiger partial charge < -0.3 is 15.2 Å². The number of halogens is 1. The van der Waals surface area contributed by atoms with Crippen molar-refractivity contribution in [1.82, 2.24) is 25.4 Å². The fourth-order valence-electron chi connectivity index (χ4n) is 3.66. The molecule has 0 aromatic carbocycles. The lowest BCUT2D eigenvalue weighted by Gasteiger charge is -2.41. The molecule has 0 bridgehead atoms. The molecule has 0 radical (unpaired) electrons. The zero-order chi connectivity index (χ0) is 16.1. The molecule has 2 aliphatic rings. The van der Waals surface area contributed by atoms with Crippen LogP contribution in [-0.4, -0.2) is 34.3 Å². The van der Waals surface area contributed by atoms with E-state index in [4.69, 9.17) is 0 Å². The Morgan fingerprint density at radius 3 is 2.67 bits per heavy atom. The second-order valence-corrected chi connectivity index (χ2v) is 6.98. The molecule has 0 atom stereocenters. The maximum Gasteiger partial charge on any atom is 0.191 e. The number of guanidine groups is 1. The molecule has 1 aliphatic carbocycles. The molecule has 0 saturated heterocycles. The fraction of sp³-hybridized carbons (Fsp3) is 0.824. The number of rotatable bonds is 5. The fourth-order valence-corrected chi connectivity index (χ4v) is 3.66. The first-order valence-corrected chi connectivity index (χ1v) is 9.12. The standard InChI is InChI=1S/C17H30N6.HI/c1-3-17(9-7-10-17)13-20-16(18-2)19-12-15-22-21-14-8-5-4-6-11-23(14)15;/h3-13H2,1-2H3,(H2,18,19,20);1H. The summed E-state index contributed by atoms with van der Waals surface area (Å²) in [5, 5.41) is 15.6. The molecule has 0 spiro atoms. The van der Waals surface area contributed by atoms with Crippen LogP contribution >= 0.6 is 24.0 Å². The van der Waals surface area contributed by atoms with Crippen LogP contribution in [0.4, 0.5) is 0 Å². The average Bonchev–Trinajstić information content (AvgIpc) is 2.77. The van der Waals surface area contributed by atoms with Crippen molar-refractivity contribution < 1.29 is 0 Å². The molecule has 6 nitrogen and oxygen atoms in total.